The average molecular weight is 252 g/mol. The zero-order valence-electron chi connectivity index (χ0n) is 10.4. The van der Waals surface area contributed by atoms with E-state index in [0.717, 1.165) is 25.4 Å². The van der Waals surface area contributed by atoms with Crippen molar-refractivity contribution in [3.63, 3.8) is 0 Å². The number of nitro groups is 1. The molecular weight excluding hydrogens is 236 g/mol. The van der Waals surface area contributed by atoms with Crippen LogP contribution in [0.2, 0.25) is 0 Å². The summed E-state index contributed by atoms with van der Waals surface area (Å²) >= 11 is 0. The van der Waals surface area contributed by atoms with Gasteiger partial charge in [-0.2, -0.15) is 0 Å². The van der Waals surface area contributed by atoms with Crippen molar-refractivity contribution in [3.8, 4) is 5.75 Å². The Morgan fingerprint density at radius 1 is 1.56 bits per heavy atom. The van der Waals surface area contributed by atoms with Crippen molar-refractivity contribution in [2.75, 3.05) is 32.2 Å². The minimum atomic E-state index is -0.437. The number of nitro benzene ring substituents is 1. The molecular formula is C12H16N2O4. The third kappa shape index (κ3) is 2.53. The topological polar surface area (TPSA) is 73.6 Å². The first-order chi connectivity index (χ1) is 8.54. The summed E-state index contributed by atoms with van der Waals surface area (Å²) in [5.74, 6) is 0.480. The molecule has 1 fully saturated rings. The second-order valence-corrected chi connectivity index (χ2v) is 4.80. The third-order valence-corrected chi connectivity index (χ3v) is 3.00. The van der Waals surface area contributed by atoms with Gasteiger partial charge in [0, 0.05) is 18.0 Å². The van der Waals surface area contributed by atoms with E-state index in [4.69, 9.17) is 9.47 Å². The van der Waals surface area contributed by atoms with Crippen LogP contribution < -0.4 is 10.1 Å². The number of methoxy groups -OCH3 is 1. The van der Waals surface area contributed by atoms with Crippen LogP contribution in [0.5, 0.6) is 5.75 Å². The Hall–Kier alpha value is -1.82. The summed E-state index contributed by atoms with van der Waals surface area (Å²) in [5, 5.41) is 13.9. The van der Waals surface area contributed by atoms with Crippen molar-refractivity contribution in [1.82, 2.24) is 0 Å². The molecule has 0 spiro atoms. The van der Waals surface area contributed by atoms with Gasteiger partial charge in [-0.3, -0.25) is 10.1 Å². The molecule has 1 N–H and O–H groups in total. The number of ether oxygens (including phenoxy) is 2. The van der Waals surface area contributed by atoms with Crippen LogP contribution >= 0.6 is 0 Å². The van der Waals surface area contributed by atoms with Gasteiger partial charge < -0.3 is 14.8 Å². The minimum absolute atomic E-state index is 0.0237. The van der Waals surface area contributed by atoms with Gasteiger partial charge in [-0.15, -0.1) is 0 Å². The number of nitrogens with zero attached hydrogens (tertiary/aromatic N) is 1. The van der Waals surface area contributed by atoms with E-state index in [2.05, 4.69) is 12.2 Å². The summed E-state index contributed by atoms with van der Waals surface area (Å²) < 4.78 is 10.3. The highest BCUT2D eigenvalue weighted by molar-refractivity contribution is 5.60. The SMILES string of the molecule is COc1cc([N+](=O)[O-])ccc1NCC1(C)COC1. The van der Waals surface area contributed by atoms with Crippen molar-refractivity contribution in [3.05, 3.63) is 28.3 Å². The Kier molecular flexibility index (Phi) is 3.38. The van der Waals surface area contributed by atoms with Gasteiger partial charge in [0.2, 0.25) is 0 Å². The maximum atomic E-state index is 10.7. The number of hydrogen-bond donors (Lipinski definition) is 1. The molecule has 18 heavy (non-hydrogen) atoms. The molecule has 1 saturated heterocycles. The van der Waals surface area contributed by atoms with Crippen molar-refractivity contribution in [2.24, 2.45) is 5.41 Å². The van der Waals surface area contributed by atoms with Crippen LogP contribution in [0.25, 0.3) is 0 Å². The molecule has 1 aliphatic rings. The number of hydrogen-bond acceptors (Lipinski definition) is 5. The first kappa shape index (κ1) is 12.6. The van der Waals surface area contributed by atoms with Crippen LogP contribution in [0.1, 0.15) is 6.92 Å². The maximum absolute atomic E-state index is 10.7. The Labute approximate surface area is 105 Å². The van der Waals surface area contributed by atoms with E-state index in [1.54, 1.807) is 6.07 Å². The van der Waals surface area contributed by atoms with E-state index in [0.29, 0.717) is 5.75 Å². The third-order valence-electron chi connectivity index (χ3n) is 3.00. The molecule has 1 aromatic carbocycles. The second-order valence-electron chi connectivity index (χ2n) is 4.80. The predicted octanol–water partition coefficient (Wildman–Crippen LogP) is 2.05. The Morgan fingerprint density at radius 3 is 2.78 bits per heavy atom. The lowest BCUT2D eigenvalue weighted by Crippen LogP contribution is -2.45. The smallest absolute Gasteiger partial charge is 0.273 e. The Morgan fingerprint density at radius 2 is 2.28 bits per heavy atom. The zero-order chi connectivity index (χ0) is 13.2. The molecule has 6 heteroatoms. The molecule has 0 aliphatic carbocycles. The number of non-ortho nitro benzene ring substituents is 1. The van der Waals surface area contributed by atoms with Crippen LogP contribution in [-0.4, -0.2) is 31.8 Å². The van der Waals surface area contributed by atoms with E-state index in [-0.39, 0.29) is 11.1 Å². The molecule has 98 valence electrons. The average Bonchev–Trinajstić information content (AvgIpc) is 2.33. The van der Waals surface area contributed by atoms with Gasteiger partial charge in [0.1, 0.15) is 5.75 Å². The fourth-order valence-electron chi connectivity index (χ4n) is 1.80. The van der Waals surface area contributed by atoms with E-state index in [1.165, 1.54) is 19.2 Å². The summed E-state index contributed by atoms with van der Waals surface area (Å²) in [6, 6.07) is 4.55. The fraction of sp³-hybridized carbons (Fsp3) is 0.500. The summed E-state index contributed by atoms with van der Waals surface area (Å²) in [6.07, 6.45) is 0. The lowest BCUT2D eigenvalue weighted by molar-refractivity contribution is -0.384. The summed E-state index contributed by atoms with van der Waals surface area (Å²) in [7, 11) is 1.50. The molecule has 0 saturated carbocycles. The monoisotopic (exact) mass is 252 g/mol. The highest BCUT2D eigenvalue weighted by atomic mass is 16.6. The summed E-state index contributed by atoms with van der Waals surface area (Å²) in [4.78, 5) is 10.2. The number of anilines is 1. The van der Waals surface area contributed by atoms with E-state index in [1.807, 2.05) is 0 Å². The molecule has 0 bridgehead atoms. The van der Waals surface area contributed by atoms with Crippen LogP contribution in [0, 0.1) is 15.5 Å². The first-order valence-electron chi connectivity index (χ1n) is 5.68. The predicted molar refractivity (Wildman–Crippen MR) is 67.1 cm³/mol. The normalized spacial score (nSPS) is 16.8. The molecule has 0 unspecified atom stereocenters. The quantitative estimate of drug-likeness (QED) is 0.641. The van der Waals surface area contributed by atoms with Crippen molar-refractivity contribution < 1.29 is 14.4 Å². The molecule has 1 aromatic rings. The molecule has 1 heterocycles. The molecule has 0 atom stereocenters. The fourth-order valence-corrected chi connectivity index (χ4v) is 1.80. The minimum Gasteiger partial charge on any atom is -0.494 e. The van der Waals surface area contributed by atoms with Crippen molar-refractivity contribution >= 4 is 11.4 Å². The molecule has 0 radical (unpaired) electrons. The van der Waals surface area contributed by atoms with E-state index < -0.39 is 4.92 Å². The van der Waals surface area contributed by atoms with Gasteiger partial charge >= 0.3 is 0 Å². The first-order valence-corrected chi connectivity index (χ1v) is 5.68. The zero-order valence-corrected chi connectivity index (χ0v) is 10.4. The van der Waals surface area contributed by atoms with Gasteiger partial charge in [0.15, 0.2) is 0 Å². The van der Waals surface area contributed by atoms with Crippen LogP contribution in [-0.2, 0) is 4.74 Å². The maximum Gasteiger partial charge on any atom is 0.273 e. The van der Waals surface area contributed by atoms with Crippen LogP contribution in [0.4, 0.5) is 11.4 Å². The highest BCUT2D eigenvalue weighted by Crippen LogP contribution is 2.32. The number of benzene rings is 1. The highest BCUT2D eigenvalue weighted by Gasteiger charge is 2.33. The second kappa shape index (κ2) is 4.81. The van der Waals surface area contributed by atoms with Gasteiger partial charge in [0.05, 0.1) is 37.0 Å². The van der Waals surface area contributed by atoms with Crippen molar-refractivity contribution in [2.45, 2.75) is 6.92 Å². The van der Waals surface area contributed by atoms with Gasteiger partial charge in [-0.1, -0.05) is 6.92 Å². The molecule has 0 aromatic heterocycles. The van der Waals surface area contributed by atoms with Crippen molar-refractivity contribution in [1.29, 1.82) is 0 Å². The van der Waals surface area contributed by atoms with Crippen LogP contribution in [0.15, 0.2) is 18.2 Å². The lowest BCUT2D eigenvalue weighted by atomic mass is 9.88. The number of rotatable bonds is 5. The molecule has 2 rings (SSSR count). The molecule has 1 aliphatic heterocycles. The number of nitrogens with one attached hydrogen (secondary N) is 1. The van der Waals surface area contributed by atoms with Gasteiger partial charge in [0.25, 0.3) is 5.69 Å². The Bertz CT molecular complexity index is 457. The summed E-state index contributed by atoms with van der Waals surface area (Å²) in [5.41, 5.74) is 0.916. The Balaban J connectivity index is 2.09. The molecule has 6 nitrogen and oxygen atoms in total. The largest absolute Gasteiger partial charge is 0.494 e. The summed E-state index contributed by atoms with van der Waals surface area (Å²) in [6.45, 7) is 4.34. The van der Waals surface area contributed by atoms with Gasteiger partial charge in [-0.25, -0.2) is 0 Å². The molecule has 0 amide bonds. The lowest BCUT2D eigenvalue weighted by Gasteiger charge is -2.38. The standard InChI is InChI=1S/C12H16N2O4/c1-12(7-18-8-12)6-13-10-4-3-9(14(15)16)5-11(10)17-2/h3-5,13H,6-8H2,1-2H3. The van der Waals surface area contributed by atoms with Gasteiger partial charge in [-0.05, 0) is 6.07 Å². The van der Waals surface area contributed by atoms with E-state index in [9.17, 15) is 10.1 Å². The van der Waals surface area contributed by atoms with E-state index >= 15 is 0 Å². The van der Waals surface area contributed by atoms with Crippen LogP contribution in [0.3, 0.4) is 0 Å².